The SMILES string of the molecule is CCOC(=O)c1ccc(NC(=O)CSc2nnc([C@@H](NC(=O)c3ccc(Cl)cc3Cl)C(C)C)n2C)cc1. The average Bonchev–Trinajstić information content (AvgIpc) is 3.21. The number of anilines is 1. The van der Waals surface area contributed by atoms with E-state index in [-0.39, 0.29) is 28.5 Å². The first kappa shape index (κ1) is 28.5. The average molecular weight is 564 g/mol. The Morgan fingerprint density at radius 1 is 1.08 bits per heavy atom. The largest absolute Gasteiger partial charge is 0.462 e. The van der Waals surface area contributed by atoms with Gasteiger partial charge in [-0.05, 0) is 55.3 Å². The minimum absolute atomic E-state index is 0.00310. The van der Waals surface area contributed by atoms with Gasteiger partial charge in [-0.25, -0.2) is 4.79 Å². The molecule has 0 saturated heterocycles. The van der Waals surface area contributed by atoms with Gasteiger partial charge in [0, 0.05) is 17.8 Å². The number of esters is 1. The molecule has 3 aromatic rings. The van der Waals surface area contributed by atoms with Crippen LogP contribution in [0.25, 0.3) is 0 Å². The number of carbonyl (C=O) groups excluding carboxylic acids is 3. The summed E-state index contributed by atoms with van der Waals surface area (Å²) in [4.78, 5) is 37.1. The molecule has 0 bridgehead atoms. The number of thioether (sulfide) groups is 1. The summed E-state index contributed by atoms with van der Waals surface area (Å²) >= 11 is 13.3. The van der Waals surface area contributed by atoms with Crippen molar-refractivity contribution in [3.8, 4) is 0 Å². The fraction of sp³-hybridized carbons (Fsp3) is 0.320. The van der Waals surface area contributed by atoms with Crippen LogP contribution in [0.5, 0.6) is 0 Å². The van der Waals surface area contributed by atoms with Gasteiger partial charge in [0.05, 0.1) is 34.6 Å². The number of carbonyl (C=O) groups is 3. The van der Waals surface area contributed by atoms with Gasteiger partial charge in [-0.15, -0.1) is 10.2 Å². The summed E-state index contributed by atoms with van der Waals surface area (Å²) < 4.78 is 6.71. The van der Waals surface area contributed by atoms with Crippen molar-refractivity contribution in [2.75, 3.05) is 17.7 Å². The van der Waals surface area contributed by atoms with E-state index in [1.807, 2.05) is 13.8 Å². The van der Waals surface area contributed by atoms with Crippen LogP contribution >= 0.6 is 35.0 Å². The smallest absolute Gasteiger partial charge is 0.338 e. The maximum atomic E-state index is 12.9. The quantitative estimate of drug-likeness (QED) is 0.258. The van der Waals surface area contributed by atoms with Crippen molar-refractivity contribution in [3.05, 3.63) is 69.5 Å². The van der Waals surface area contributed by atoms with Gasteiger partial charge in [0.1, 0.15) is 0 Å². The molecule has 2 amide bonds. The number of halogens is 2. The Morgan fingerprint density at radius 2 is 1.78 bits per heavy atom. The van der Waals surface area contributed by atoms with Crippen LogP contribution in [-0.4, -0.2) is 44.9 Å². The number of hydrogen-bond acceptors (Lipinski definition) is 7. The minimum Gasteiger partial charge on any atom is -0.462 e. The summed E-state index contributed by atoms with van der Waals surface area (Å²) in [6.07, 6.45) is 0. The standard InChI is InChI=1S/C25H27Cl2N5O4S/c1-5-36-24(35)15-6-9-17(10-7-15)28-20(33)13-37-25-31-30-22(32(25)4)21(14(2)3)29-23(34)18-11-8-16(26)12-19(18)27/h6-12,14,21H,5,13H2,1-4H3,(H,28,33)(H,29,34)/t21-/m0/s1. The number of rotatable bonds is 10. The van der Waals surface area contributed by atoms with E-state index in [4.69, 9.17) is 27.9 Å². The summed E-state index contributed by atoms with van der Waals surface area (Å²) in [6.45, 7) is 5.94. The molecule has 0 unspecified atom stereocenters. The van der Waals surface area contributed by atoms with E-state index in [1.165, 1.54) is 17.8 Å². The van der Waals surface area contributed by atoms with Gasteiger partial charge >= 0.3 is 5.97 Å². The summed E-state index contributed by atoms with van der Waals surface area (Å²) in [6, 6.07) is 10.7. The van der Waals surface area contributed by atoms with Crippen LogP contribution in [0.1, 0.15) is 53.4 Å². The molecule has 2 N–H and O–H groups in total. The second-order valence-corrected chi connectivity index (χ2v) is 10.1. The molecule has 0 spiro atoms. The van der Waals surface area contributed by atoms with E-state index in [1.54, 1.807) is 54.9 Å². The summed E-state index contributed by atoms with van der Waals surface area (Å²) in [5.74, 6) is -0.385. The third-order valence-electron chi connectivity index (χ3n) is 5.29. The van der Waals surface area contributed by atoms with Crippen molar-refractivity contribution in [1.82, 2.24) is 20.1 Å². The zero-order chi connectivity index (χ0) is 27.1. The zero-order valence-corrected chi connectivity index (χ0v) is 23.1. The first-order valence-corrected chi connectivity index (χ1v) is 13.2. The lowest BCUT2D eigenvalue weighted by Gasteiger charge is -2.22. The Hall–Kier alpha value is -3.08. The Kier molecular flexibility index (Phi) is 9.96. The number of nitrogens with one attached hydrogen (secondary N) is 2. The number of benzene rings is 2. The van der Waals surface area contributed by atoms with Crippen LogP contribution in [0.4, 0.5) is 5.69 Å². The van der Waals surface area contributed by atoms with Gasteiger partial charge in [0.15, 0.2) is 11.0 Å². The van der Waals surface area contributed by atoms with E-state index in [0.29, 0.717) is 39.4 Å². The molecule has 196 valence electrons. The fourth-order valence-electron chi connectivity index (χ4n) is 3.38. The normalized spacial score (nSPS) is 11.8. The highest BCUT2D eigenvalue weighted by Gasteiger charge is 2.26. The topological polar surface area (TPSA) is 115 Å². The molecule has 1 aromatic heterocycles. The predicted molar refractivity (Wildman–Crippen MR) is 144 cm³/mol. The molecule has 3 rings (SSSR count). The lowest BCUT2D eigenvalue weighted by molar-refractivity contribution is -0.113. The Labute approximate surface area is 229 Å². The van der Waals surface area contributed by atoms with E-state index in [0.717, 1.165) is 0 Å². The van der Waals surface area contributed by atoms with E-state index in [2.05, 4.69) is 20.8 Å². The van der Waals surface area contributed by atoms with Gasteiger partial charge in [0.2, 0.25) is 5.91 Å². The van der Waals surface area contributed by atoms with Gasteiger partial charge in [-0.1, -0.05) is 48.8 Å². The van der Waals surface area contributed by atoms with Gasteiger partial charge < -0.3 is 19.9 Å². The maximum absolute atomic E-state index is 12.9. The number of nitrogens with zero attached hydrogens (tertiary/aromatic N) is 3. The predicted octanol–water partition coefficient (Wildman–Crippen LogP) is 5.16. The Bertz CT molecular complexity index is 1280. The van der Waals surface area contributed by atoms with E-state index >= 15 is 0 Å². The molecule has 0 saturated carbocycles. The van der Waals surface area contributed by atoms with Crippen molar-refractivity contribution in [2.45, 2.75) is 32.0 Å². The molecule has 0 fully saturated rings. The zero-order valence-electron chi connectivity index (χ0n) is 20.7. The molecule has 12 heteroatoms. The van der Waals surface area contributed by atoms with E-state index in [9.17, 15) is 14.4 Å². The molecule has 37 heavy (non-hydrogen) atoms. The molecule has 1 atom stereocenters. The van der Waals surface area contributed by atoms with Gasteiger partial charge in [-0.2, -0.15) is 0 Å². The Morgan fingerprint density at radius 3 is 2.41 bits per heavy atom. The molecule has 0 aliphatic carbocycles. The van der Waals surface area contributed by atoms with Gasteiger partial charge in [0.25, 0.3) is 5.91 Å². The third-order valence-corrected chi connectivity index (χ3v) is 6.86. The Balaban J connectivity index is 1.63. The summed E-state index contributed by atoms with van der Waals surface area (Å²) in [5.41, 5.74) is 1.27. The third kappa shape index (κ3) is 7.47. The van der Waals surface area contributed by atoms with Gasteiger partial charge in [-0.3, -0.25) is 9.59 Å². The van der Waals surface area contributed by atoms with Crippen molar-refractivity contribution >= 4 is 58.4 Å². The lowest BCUT2D eigenvalue weighted by atomic mass is 10.0. The number of aromatic nitrogens is 3. The molecule has 0 aliphatic heterocycles. The van der Waals surface area contributed by atoms with Crippen LogP contribution in [-0.2, 0) is 16.6 Å². The molecule has 2 aromatic carbocycles. The molecular formula is C25H27Cl2N5O4S. The van der Waals surface area contributed by atoms with Crippen LogP contribution in [0.3, 0.4) is 0 Å². The van der Waals surface area contributed by atoms with E-state index < -0.39 is 12.0 Å². The molecular weight excluding hydrogens is 537 g/mol. The van der Waals surface area contributed by atoms with Crippen molar-refractivity contribution < 1.29 is 19.1 Å². The highest BCUT2D eigenvalue weighted by Crippen LogP contribution is 2.26. The summed E-state index contributed by atoms with van der Waals surface area (Å²) in [5, 5.41) is 15.4. The molecule has 1 heterocycles. The van der Waals surface area contributed by atoms with Crippen LogP contribution in [0.15, 0.2) is 47.6 Å². The molecule has 0 aliphatic rings. The number of ether oxygens (including phenoxy) is 1. The second kappa shape index (κ2) is 12.9. The number of hydrogen-bond donors (Lipinski definition) is 2. The second-order valence-electron chi connectivity index (χ2n) is 8.35. The van der Waals surface area contributed by atoms with Crippen LogP contribution < -0.4 is 10.6 Å². The van der Waals surface area contributed by atoms with Crippen LogP contribution in [0.2, 0.25) is 10.0 Å². The van der Waals surface area contributed by atoms with Crippen molar-refractivity contribution in [3.63, 3.8) is 0 Å². The molecule has 9 nitrogen and oxygen atoms in total. The van der Waals surface area contributed by atoms with Crippen molar-refractivity contribution in [2.24, 2.45) is 13.0 Å². The lowest BCUT2D eigenvalue weighted by Crippen LogP contribution is -2.33. The number of amides is 2. The van der Waals surface area contributed by atoms with Crippen LogP contribution in [0, 0.1) is 5.92 Å². The highest BCUT2D eigenvalue weighted by atomic mass is 35.5. The summed E-state index contributed by atoms with van der Waals surface area (Å²) in [7, 11) is 1.78. The monoisotopic (exact) mass is 563 g/mol. The molecule has 0 radical (unpaired) electrons. The highest BCUT2D eigenvalue weighted by molar-refractivity contribution is 7.99. The fourth-order valence-corrected chi connectivity index (χ4v) is 4.59. The first-order chi connectivity index (χ1) is 17.6. The maximum Gasteiger partial charge on any atom is 0.338 e. The minimum atomic E-state index is -0.446. The first-order valence-electron chi connectivity index (χ1n) is 11.5. The van der Waals surface area contributed by atoms with Crippen molar-refractivity contribution in [1.29, 1.82) is 0 Å².